The number of imidazole rings is 1. The van der Waals surface area contributed by atoms with Crippen molar-refractivity contribution >= 4 is 21.6 Å². The normalized spacial score (nSPS) is 13.0. The summed E-state index contributed by atoms with van der Waals surface area (Å²) in [6, 6.07) is 18.0. The Kier molecular flexibility index (Phi) is 5.62. The molecule has 4 aromatic rings. The lowest BCUT2D eigenvalue weighted by Crippen LogP contribution is -2.29. The molecule has 5 rings (SSSR count). The van der Waals surface area contributed by atoms with Crippen molar-refractivity contribution in [2.75, 3.05) is 10.8 Å². The van der Waals surface area contributed by atoms with Crippen molar-refractivity contribution in [2.45, 2.75) is 17.9 Å². The number of carbonyl (C=O) groups is 1. The second-order valence-electron chi connectivity index (χ2n) is 7.92. The Bertz CT molecular complexity index is 1470. The van der Waals surface area contributed by atoms with Gasteiger partial charge in [-0.15, -0.1) is 0 Å². The Morgan fingerprint density at radius 1 is 1.03 bits per heavy atom. The molecular weight excluding hydrogens is 455 g/mol. The Morgan fingerprint density at radius 2 is 1.88 bits per heavy atom. The number of nitrogens with zero attached hydrogens (tertiary/aromatic N) is 3. The Balaban J connectivity index is 1.31. The van der Waals surface area contributed by atoms with Gasteiger partial charge >= 0.3 is 0 Å². The number of benzene rings is 3. The number of aromatic nitrogens is 2. The molecule has 0 bridgehead atoms. The van der Waals surface area contributed by atoms with Crippen LogP contribution < -0.4 is 9.62 Å². The van der Waals surface area contributed by atoms with Crippen LogP contribution in [0.2, 0.25) is 0 Å². The number of fused-ring (bicyclic) bond motifs is 1. The monoisotopic (exact) mass is 476 g/mol. The Hall–Kier alpha value is -3.98. The van der Waals surface area contributed by atoms with Gasteiger partial charge in [0, 0.05) is 31.0 Å². The van der Waals surface area contributed by atoms with Crippen LogP contribution in [0, 0.1) is 5.82 Å². The number of carbonyl (C=O) groups excluding carboxylic acids is 1. The van der Waals surface area contributed by atoms with Gasteiger partial charge in [-0.1, -0.05) is 30.3 Å². The van der Waals surface area contributed by atoms with Gasteiger partial charge in [-0.25, -0.2) is 17.8 Å². The summed E-state index contributed by atoms with van der Waals surface area (Å²) in [6.45, 7) is 0.454. The smallest absolute Gasteiger partial charge is 0.264 e. The van der Waals surface area contributed by atoms with Crippen molar-refractivity contribution in [3.63, 3.8) is 0 Å². The van der Waals surface area contributed by atoms with E-state index in [4.69, 9.17) is 0 Å². The number of amides is 1. The zero-order chi connectivity index (χ0) is 23.7. The summed E-state index contributed by atoms with van der Waals surface area (Å²) < 4.78 is 43.9. The highest BCUT2D eigenvalue weighted by molar-refractivity contribution is 7.92. The van der Waals surface area contributed by atoms with Gasteiger partial charge in [0.05, 0.1) is 22.6 Å². The molecule has 0 spiro atoms. The quantitative estimate of drug-likeness (QED) is 0.460. The minimum absolute atomic E-state index is 0.0487. The molecule has 172 valence electrons. The number of hydrogen-bond acceptors (Lipinski definition) is 4. The number of rotatable bonds is 6. The van der Waals surface area contributed by atoms with E-state index in [1.165, 1.54) is 28.8 Å². The second-order valence-corrected chi connectivity index (χ2v) is 9.78. The predicted molar refractivity (Wildman–Crippen MR) is 126 cm³/mol. The molecule has 3 aromatic carbocycles. The fourth-order valence-electron chi connectivity index (χ4n) is 4.04. The summed E-state index contributed by atoms with van der Waals surface area (Å²) in [7, 11) is -3.81. The van der Waals surface area contributed by atoms with Gasteiger partial charge in [0.15, 0.2) is 0 Å². The molecule has 1 aliphatic rings. The second kappa shape index (κ2) is 8.75. The van der Waals surface area contributed by atoms with Crippen LogP contribution in [-0.2, 0) is 23.0 Å². The largest absolute Gasteiger partial charge is 0.348 e. The van der Waals surface area contributed by atoms with Crippen molar-refractivity contribution in [1.29, 1.82) is 0 Å². The first-order chi connectivity index (χ1) is 16.4. The third-order valence-corrected chi connectivity index (χ3v) is 7.59. The molecule has 1 amide bonds. The third kappa shape index (κ3) is 4.06. The number of nitrogens with one attached hydrogen (secondary N) is 1. The van der Waals surface area contributed by atoms with Crippen LogP contribution in [0.25, 0.3) is 5.69 Å². The predicted octanol–water partition coefficient (Wildman–Crippen LogP) is 3.69. The summed E-state index contributed by atoms with van der Waals surface area (Å²) in [5.74, 6) is -0.887. The molecule has 0 unspecified atom stereocenters. The van der Waals surface area contributed by atoms with Gasteiger partial charge in [-0.05, 0) is 53.9 Å². The van der Waals surface area contributed by atoms with Crippen LogP contribution in [0.1, 0.15) is 21.5 Å². The number of sulfonamides is 1. The van der Waals surface area contributed by atoms with Crippen LogP contribution in [-0.4, -0.2) is 30.4 Å². The lowest BCUT2D eigenvalue weighted by Gasteiger charge is -2.20. The standard InChI is InChI=1S/C25H21FN4O3S/c26-22-14-18(8-9-24(22)29-13-11-27-17-29)16-28-25(31)20-5-3-6-21(15-20)34(32,33)30-12-10-19-4-1-2-7-23(19)30/h1-9,11,13-15,17H,10,12,16H2,(H,28,31). The molecule has 0 saturated heterocycles. The first-order valence-electron chi connectivity index (χ1n) is 10.7. The van der Waals surface area contributed by atoms with E-state index in [0.29, 0.717) is 29.9 Å². The highest BCUT2D eigenvalue weighted by Crippen LogP contribution is 2.32. The molecule has 9 heteroatoms. The average molecular weight is 477 g/mol. The van der Waals surface area contributed by atoms with E-state index in [1.54, 1.807) is 53.4 Å². The molecule has 34 heavy (non-hydrogen) atoms. The van der Waals surface area contributed by atoms with Crippen molar-refractivity contribution in [3.05, 3.63) is 108 Å². The fourth-order valence-corrected chi connectivity index (χ4v) is 5.59. The molecule has 0 radical (unpaired) electrons. The van der Waals surface area contributed by atoms with Crippen LogP contribution >= 0.6 is 0 Å². The maximum absolute atomic E-state index is 14.5. The highest BCUT2D eigenvalue weighted by atomic mass is 32.2. The van der Waals surface area contributed by atoms with E-state index in [-0.39, 0.29) is 17.0 Å². The minimum Gasteiger partial charge on any atom is -0.348 e. The summed E-state index contributed by atoms with van der Waals surface area (Å²) in [5, 5.41) is 2.73. The van der Waals surface area contributed by atoms with Crippen molar-refractivity contribution in [3.8, 4) is 5.69 Å². The molecule has 0 aliphatic carbocycles. The molecule has 1 N–H and O–H groups in total. The van der Waals surface area contributed by atoms with E-state index < -0.39 is 21.7 Å². The van der Waals surface area contributed by atoms with Crippen LogP contribution in [0.3, 0.4) is 0 Å². The number of para-hydroxylation sites is 1. The molecule has 0 saturated carbocycles. The molecule has 0 atom stereocenters. The maximum Gasteiger partial charge on any atom is 0.264 e. The van der Waals surface area contributed by atoms with Gasteiger partial charge in [0.1, 0.15) is 5.82 Å². The SMILES string of the molecule is O=C(NCc1ccc(-n2ccnc2)c(F)c1)c1cccc(S(=O)(=O)N2CCc3ccccc32)c1. The van der Waals surface area contributed by atoms with E-state index in [1.807, 2.05) is 12.1 Å². The summed E-state index contributed by atoms with van der Waals surface area (Å²) in [5.41, 5.74) is 2.79. The molecule has 1 aromatic heterocycles. The first-order valence-corrected chi connectivity index (χ1v) is 12.1. The fraction of sp³-hybridized carbons (Fsp3) is 0.120. The molecule has 7 nitrogen and oxygen atoms in total. The number of halogens is 1. The molecule has 2 heterocycles. The molecular formula is C25H21FN4O3S. The zero-order valence-electron chi connectivity index (χ0n) is 18.1. The molecule has 1 aliphatic heterocycles. The first kappa shape index (κ1) is 21.8. The van der Waals surface area contributed by atoms with E-state index in [0.717, 1.165) is 5.56 Å². The Morgan fingerprint density at radius 3 is 2.68 bits per heavy atom. The topological polar surface area (TPSA) is 84.3 Å². The summed E-state index contributed by atoms with van der Waals surface area (Å²) in [6.07, 6.45) is 5.35. The minimum atomic E-state index is -3.81. The van der Waals surface area contributed by atoms with Gasteiger partial charge in [-0.3, -0.25) is 9.10 Å². The number of hydrogen-bond donors (Lipinski definition) is 1. The maximum atomic E-state index is 14.5. The van der Waals surface area contributed by atoms with Crippen molar-refractivity contribution in [2.24, 2.45) is 0 Å². The zero-order valence-corrected chi connectivity index (χ0v) is 18.9. The average Bonchev–Trinajstić information content (AvgIpc) is 3.53. The lowest BCUT2D eigenvalue weighted by atomic mass is 10.1. The van der Waals surface area contributed by atoms with Gasteiger partial charge in [0.25, 0.3) is 15.9 Å². The van der Waals surface area contributed by atoms with Crippen molar-refractivity contribution < 1.29 is 17.6 Å². The Labute approximate surface area is 196 Å². The summed E-state index contributed by atoms with van der Waals surface area (Å²) >= 11 is 0. The lowest BCUT2D eigenvalue weighted by molar-refractivity contribution is 0.0950. The summed E-state index contributed by atoms with van der Waals surface area (Å²) in [4.78, 5) is 16.7. The van der Waals surface area contributed by atoms with Gasteiger partial charge in [0.2, 0.25) is 0 Å². The van der Waals surface area contributed by atoms with Crippen LogP contribution in [0.5, 0.6) is 0 Å². The highest BCUT2D eigenvalue weighted by Gasteiger charge is 2.30. The molecule has 0 fully saturated rings. The van der Waals surface area contributed by atoms with Crippen LogP contribution in [0.4, 0.5) is 10.1 Å². The third-order valence-electron chi connectivity index (χ3n) is 5.78. The van der Waals surface area contributed by atoms with Gasteiger partial charge < -0.3 is 9.88 Å². The van der Waals surface area contributed by atoms with E-state index in [2.05, 4.69) is 10.3 Å². The van der Waals surface area contributed by atoms with Gasteiger partial charge in [-0.2, -0.15) is 0 Å². The van der Waals surface area contributed by atoms with Crippen LogP contribution in [0.15, 0.2) is 90.3 Å². The van der Waals surface area contributed by atoms with E-state index in [9.17, 15) is 17.6 Å². The van der Waals surface area contributed by atoms with Crippen molar-refractivity contribution in [1.82, 2.24) is 14.9 Å². The number of anilines is 1. The van der Waals surface area contributed by atoms with E-state index >= 15 is 0 Å².